The first-order chi connectivity index (χ1) is 9.00. The fraction of sp³-hybridized carbons (Fsp3) is 0.750. The van der Waals surface area contributed by atoms with Crippen molar-refractivity contribution in [2.45, 2.75) is 25.8 Å². The van der Waals surface area contributed by atoms with E-state index in [1.807, 2.05) is 0 Å². The summed E-state index contributed by atoms with van der Waals surface area (Å²) in [5.41, 5.74) is 0. The first kappa shape index (κ1) is 13.6. The molecule has 2 rings (SSSR count). The summed E-state index contributed by atoms with van der Waals surface area (Å²) in [7, 11) is 0. The van der Waals surface area contributed by atoms with Crippen molar-refractivity contribution in [2.75, 3.05) is 32.7 Å². The Labute approximate surface area is 111 Å². The fourth-order valence-corrected chi connectivity index (χ4v) is 2.65. The zero-order chi connectivity index (χ0) is 14.0. The van der Waals surface area contributed by atoms with Crippen LogP contribution in [0.5, 0.6) is 0 Å². The molecule has 0 aromatic heterocycles. The van der Waals surface area contributed by atoms with E-state index < -0.39 is 12.0 Å². The summed E-state index contributed by atoms with van der Waals surface area (Å²) >= 11 is 0. The van der Waals surface area contributed by atoms with Crippen LogP contribution in [0.25, 0.3) is 0 Å². The highest BCUT2D eigenvalue weighted by Gasteiger charge is 2.37. The second-order valence-electron chi connectivity index (χ2n) is 4.97. The maximum Gasteiger partial charge on any atom is 0.326 e. The third-order valence-electron chi connectivity index (χ3n) is 3.78. The standard InChI is InChI=1S/C12H19N3O4/c1-9(16)13-5-7-14(8-6-13)12(19)15-4-2-3-10(15)11(17)18/h10H,2-8H2,1H3,(H,17,18)/t10-/m1/s1. The SMILES string of the molecule is CC(=O)N1CCN(C(=O)N2CCC[C@@H]2C(=O)O)CC1. The zero-order valence-corrected chi connectivity index (χ0v) is 11.0. The van der Waals surface area contributed by atoms with Crippen molar-refractivity contribution in [1.82, 2.24) is 14.7 Å². The van der Waals surface area contributed by atoms with E-state index in [1.165, 1.54) is 11.8 Å². The number of nitrogens with zero attached hydrogens (tertiary/aromatic N) is 3. The second kappa shape index (κ2) is 5.46. The quantitative estimate of drug-likeness (QED) is 0.716. The smallest absolute Gasteiger partial charge is 0.326 e. The van der Waals surface area contributed by atoms with Crippen LogP contribution in [0.2, 0.25) is 0 Å². The van der Waals surface area contributed by atoms with Crippen molar-refractivity contribution >= 4 is 17.9 Å². The predicted molar refractivity (Wildman–Crippen MR) is 66.6 cm³/mol. The lowest BCUT2D eigenvalue weighted by Crippen LogP contribution is -2.55. The topological polar surface area (TPSA) is 81.2 Å². The lowest BCUT2D eigenvalue weighted by Gasteiger charge is -2.37. The van der Waals surface area contributed by atoms with E-state index in [0.717, 1.165) is 6.42 Å². The molecular formula is C12H19N3O4. The van der Waals surface area contributed by atoms with Gasteiger partial charge in [0.25, 0.3) is 0 Å². The number of likely N-dealkylation sites (tertiary alicyclic amines) is 1. The van der Waals surface area contributed by atoms with E-state index in [9.17, 15) is 14.4 Å². The van der Waals surface area contributed by atoms with Gasteiger partial charge in [-0.15, -0.1) is 0 Å². The van der Waals surface area contributed by atoms with Gasteiger partial charge in [-0.1, -0.05) is 0 Å². The molecule has 2 aliphatic rings. The molecule has 0 radical (unpaired) electrons. The van der Waals surface area contributed by atoms with Gasteiger partial charge in [0, 0.05) is 39.6 Å². The minimum atomic E-state index is -0.937. The third kappa shape index (κ3) is 2.80. The summed E-state index contributed by atoms with van der Waals surface area (Å²) in [6.45, 7) is 4.00. The molecule has 1 N–H and O–H groups in total. The average Bonchev–Trinajstić information content (AvgIpc) is 2.87. The highest BCUT2D eigenvalue weighted by atomic mass is 16.4. The molecule has 7 nitrogen and oxygen atoms in total. The lowest BCUT2D eigenvalue weighted by molar-refractivity contribution is -0.141. The number of carbonyl (C=O) groups is 3. The number of carbonyl (C=O) groups excluding carboxylic acids is 2. The third-order valence-corrected chi connectivity index (χ3v) is 3.78. The van der Waals surface area contributed by atoms with E-state index in [1.54, 1.807) is 9.80 Å². The molecular weight excluding hydrogens is 250 g/mol. The van der Waals surface area contributed by atoms with Crippen molar-refractivity contribution < 1.29 is 19.5 Å². The van der Waals surface area contributed by atoms with Crippen molar-refractivity contribution in [3.8, 4) is 0 Å². The number of urea groups is 1. The van der Waals surface area contributed by atoms with Crippen molar-refractivity contribution in [2.24, 2.45) is 0 Å². The first-order valence-corrected chi connectivity index (χ1v) is 6.54. The Morgan fingerprint density at radius 3 is 2.11 bits per heavy atom. The number of hydrogen-bond donors (Lipinski definition) is 1. The highest BCUT2D eigenvalue weighted by molar-refractivity contribution is 5.83. The molecule has 0 aliphatic carbocycles. The second-order valence-corrected chi connectivity index (χ2v) is 4.97. The van der Waals surface area contributed by atoms with Crippen molar-refractivity contribution in [3.05, 3.63) is 0 Å². The number of amides is 3. The van der Waals surface area contributed by atoms with Crippen LogP contribution in [0.3, 0.4) is 0 Å². The molecule has 2 saturated heterocycles. The molecule has 0 unspecified atom stereocenters. The summed E-state index contributed by atoms with van der Waals surface area (Å²) in [5.74, 6) is -0.926. The monoisotopic (exact) mass is 269 g/mol. The van der Waals surface area contributed by atoms with Gasteiger partial charge in [0.15, 0.2) is 0 Å². The van der Waals surface area contributed by atoms with E-state index in [-0.39, 0.29) is 11.9 Å². The largest absolute Gasteiger partial charge is 0.480 e. The van der Waals surface area contributed by atoms with Crippen molar-refractivity contribution in [3.63, 3.8) is 0 Å². The van der Waals surface area contributed by atoms with Gasteiger partial charge in [-0.2, -0.15) is 0 Å². The number of piperazine rings is 1. The van der Waals surface area contributed by atoms with Gasteiger partial charge in [-0.3, -0.25) is 4.79 Å². The van der Waals surface area contributed by atoms with Gasteiger partial charge in [0.1, 0.15) is 6.04 Å². The lowest BCUT2D eigenvalue weighted by atomic mass is 10.2. The van der Waals surface area contributed by atoms with Crippen LogP contribution in [-0.4, -0.2) is 76.5 Å². The number of carboxylic acids is 1. The Hall–Kier alpha value is -1.79. The van der Waals surface area contributed by atoms with Crippen LogP contribution in [0, 0.1) is 0 Å². The van der Waals surface area contributed by atoms with Gasteiger partial charge in [0.2, 0.25) is 5.91 Å². The summed E-state index contributed by atoms with van der Waals surface area (Å²) in [6.07, 6.45) is 1.25. The van der Waals surface area contributed by atoms with Crippen LogP contribution in [0.1, 0.15) is 19.8 Å². The Morgan fingerprint density at radius 1 is 1.00 bits per heavy atom. The molecule has 0 aromatic rings. The number of rotatable bonds is 1. The molecule has 106 valence electrons. The minimum Gasteiger partial charge on any atom is -0.480 e. The molecule has 0 aromatic carbocycles. The molecule has 0 saturated carbocycles. The summed E-state index contributed by atoms with van der Waals surface area (Å²) in [5, 5.41) is 9.08. The van der Waals surface area contributed by atoms with Crippen LogP contribution in [-0.2, 0) is 9.59 Å². The van der Waals surface area contributed by atoms with E-state index in [4.69, 9.17) is 5.11 Å². The number of aliphatic carboxylic acids is 1. The molecule has 7 heteroatoms. The van der Waals surface area contributed by atoms with Gasteiger partial charge < -0.3 is 19.8 Å². The van der Waals surface area contributed by atoms with Gasteiger partial charge in [0.05, 0.1) is 0 Å². The maximum atomic E-state index is 12.3. The van der Waals surface area contributed by atoms with Gasteiger partial charge >= 0.3 is 12.0 Å². The number of hydrogen-bond acceptors (Lipinski definition) is 3. The molecule has 1 atom stereocenters. The predicted octanol–water partition coefficient (Wildman–Crippen LogP) is -0.180. The normalized spacial score (nSPS) is 23.6. The van der Waals surface area contributed by atoms with E-state index in [2.05, 4.69) is 0 Å². The summed E-state index contributed by atoms with van der Waals surface area (Å²) in [6, 6.07) is -0.911. The summed E-state index contributed by atoms with van der Waals surface area (Å²) in [4.78, 5) is 39.3. The van der Waals surface area contributed by atoms with Gasteiger partial charge in [-0.25, -0.2) is 9.59 Å². The molecule has 0 bridgehead atoms. The van der Waals surface area contributed by atoms with Crippen LogP contribution >= 0.6 is 0 Å². The maximum absolute atomic E-state index is 12.3. The van der Waals surface area contributed by atoms with Crippen LogP contribution in [0.15, 0.2) is 0 Å². The molecule has 0 spiro atoms. The Kier molecular flexibility index (Phi) is 3.92. The van der Waals surface area contributed by atoms with Crippen molar-refractivity contribution in [1.29, 1.82) is 0 Å². The fourth-order valence-electron chi connectivity index (χ4n) is 2.65. The first-order valence-electron chi connectivity index (χ1n) is 6.54. The zero-order valence-electron chi connectivity index (χ0n) is 11.0. The highest BCUT2D eigenvalue weighted by Crippen LogP contribution is 2.20. The number of carboxylic acid groups (broad SMARTS) is 1. The van der Waals surface area contributed by atoms with Gasteiger partial charge in [-0.05, 0) is 12.8 Å². The molecule has 19 heavy (non-hydrogen) atoms. The Morgan fingerprint density at radius 2 is 1.58 bits per heavy atom. The Bertz CT molecular complexity index is 390. The molecule has 2 fully saturated rings. The molecule has 3 amide bonds. The van der Waals surface area contributed by atoms with E-state index >= 15 is 0 Å². The van der Waals surface area contributed by atoms with Crippen LogP contribution < -0.4 is 0 Å². The summed E-state index contributed by atoms with van der Waals surface area (Å²) < 4.78 is 0. The Balaban J connectivity index is 1.94. The molecule has 2 heterocycles. The van der Waals surface area contributed by atoms with E-state index in [0.29, 0.717) is 39.1 Å². The average molecular weight is 269 g/mol. The van der Waals surface area contributed by atoms with Crippen LogP contribution in [0.4, 0.5) is 4.79 Å². The minimum absolute atomic E-state index is 0.0108. The molecule has 2 aliphatic heterocycles.